The van der Waals surface area contributed by atoms with Crippen molar-refractivity contribution in [1.29, 1.82) is 0 Å². The first-order valence-corrected chi connectivity index (χ1v) is 30.8. The second-order valence-electron chi connectivity index (χ2n) is 22.8. The first-order chi connectivity index (χ1) is 42.1. The summed E-state index contributed by atoms with van der Waals surface area (Å²) in [6.07, 6.45) is 9.22. The molecular weight excluding hydrogens is 1070 g/mol. The molecule has 0 aliphatic heterocycles. The number of hydrogen-bond acceptors (Lipinski definition) is 2. The number of nitrogens with zero attached hydrogens (tertiary/aromatic N) is 2. The Hall–Kier alpha value is -10.4. The van der Waals surface area contributed by atoms with E-state index in [0.29, 0.717) is 0 Å². The molecule has 12 aromatic carbocycles. The van der Waals surface area contributed by atoms with Gasteiger partial charge in [-0.15, -0.1) is 22.7 Å². The van der Waals surface area contributed by atoms with Gasteiger partial charge in [0.05, 0.1) is 27.5 Å². The lowest BCUT2D eigenvalue weighted by atomic mass is 9.70. The molecule has 1 spiro atoms. The lowest BCUT2D eigenvalue weighted by molar-refractivity contribution is 0.793. The van der Waals surface area contributed by atoms with E-state index in [2.05, 4.69) is 312 Å². The van der Waals surface area contributed by atoms with Gasteiger partial charge in [0.15, 0.2) is 0 Å². The van der Waals surface area contributed by atoms with Gasteiger partial charge in [-0.25, -0.2) is 0 Å². The van der Waals surface area contributed by atoms with Crippen molar-refractivity contribution in [2.24, 2.45) is 0 Å². The zero-order valence-electron chi connectivity index (χ0n) is 46.1. The summed E-state index contributed by atoms with van der Waals surface area (Å²) >= 11 is 3.69. The Morgan fingerprint density at radius 1 is 0.271 bits per heavy atom. The van der Waals surface area contributed by atoms with Gasteiger partial charge in [-0.1, -0.05) is 194 Å². The van der Waals surface area contributed by atoms with Gasteiger partial charge in [0.25, 0.3) is 0 Å². The third-order valence-corrected chi connectivity index (χ3v) is 20.4. The average molecular weight is 1120 g/mol. The Morgan fingerprint density at radius 3 is 1.18 bits per heavy atom. The van der Waals surface area contributed by atoms with E-state index >= 15 is 0 Å². The highest BCUT2D eigenvalue weighted by molar-refractivity contribution is 7.16. The van der Waals surface area contributed by atoms with Crippen LogP contribution in [0.25, 0.3) is 144 Å². The van der Waals surface area contributed by atoms with E-state index in [1.807, 2.05) is 22.7 Å². The smallest absolute Gasteiger partial charge is 0.0725 e. The molecule has 4 aromatic heterocycles. The molecule has 0 radical (unpaired) electrons. The quantitative estimate of drug-likeness (QED) is 0.144. The third kappa shape index (κ3) is 7.42. The molecule has 4 heterocycles. The minimum absolute atomic E-state index is 0.468. The fourth-order valence-corrected chi connectivity index (χ4v) is 16.2. The molecule has 0 atom stereocenters. The molecule has 0 amide bonds. The van der Waals surface area contributed by atoms with Crippen molar-refractivity contribution >= 4 is 112 Å². The van der Waals surface area contributed by atoms with Gasteiger partial charge in [-0.2, -0.15) is 0 Å². The molecule has 2 aliphatic rings. The van der Waals surface area contributed by atoms with Crippen LogP contribution < -0.4 is 0 Å². The Morgan fingerprint density at radius 2 is 0.682 bits per heavy atom. The number of fused-ring (bicyclic) bond motifs is 18. The molecule has 2 nitrogen and oxygen atoms in total. The summed E-state index contributed by atoms with van der Waals surface area (Å²) in [4.78, 5) is 4.96. The van der Waals surface area contributed by atoms with Gasteiger partial charge < -0.3 is 9.13 Å². The van der Waals surface area contributed by atoms with Gasteiger partial charge in [0.1, 0.15) is 0 Å². The molecule has 0 N–H and O–H groups in total. The first-order valence-electron chi connectivity index (χ1n) is 29.2. The standard InChI is InChI=1S/C81H50N2S2/c1-3-15-55-47-59(33-29-53(55)13-1)82-75-23-11-7-19-67(75)69-49-57(31-41-77(69)82)79-43-37-61(84-79)35-25-51-27-39-65-66-40-28-52(46-74(66)81(73(65)45-51)71-21-9-5-17-63(71)64-18-6-10-22-72(64)81)26-36-62-38-44-80(85-62)58-32-42-78-70(50-58)68-20-8-12-24-76(68)83(78)60-34-30-54-14-2-4-16-56(54)48-60/h1-50H. The Balaban J connectivity index is 0.667. The molecule has 4 heteroatoms. The van der Waals surface area contributed by atoms with Crippen LogP contribution in [0.2, 0.25) is 0 Å². The normalized spacial score (nSPS) is 13.2. The van der Waals surface area contributed by atoms with Gasteiger partial charge in [0, 0.05) is 52.4 Å². The van der Waals surface area contributed by atoms with E-state index in [-0.39, 0.29) is 0 Å². The van der Waals surface area contributed by atoms with Crippen LogP contribution in [-0.4, -0.2) is 9.13 Å². The topological polar surface area (TPSA) is 9.86 Å². The zero-order valence-corrected chi connectivity index (χ0v) is 47.7. The lowest BCUT2D eigenvalue weighted by Gasteiger charge is -2.30. The van der Waals surface area contributed by atoms with Crippen molar-refractivity contribution < 1.29 is 0 Å². The second-order valence-corrected chi connectivity index (χ2v) is 25.0. The van der Waals surface area contributed by atoms with Crippen molar-refractivity contribution in [2.75, 3.05) is 0 Å². The number of thiophene rings is 2. The average Bonchev–Trinajstić information content (AvgIpc) is 1.55. The molecular formula is C81H50N2S2. The molecule has 2 aliphatic carbocycles. The summed E-state index contributed by atoms with van der Waals surface area (Å²) in [5, 5.41) is 10.0. The highest BCUT2D eigenvalue weighted by Crippen LogP contribution is 2.63. The molecule has 16 aromatic rings. The van der Waals surface area contributed by atoms with Crippen LogP contribution in [0.4, 0.5) is 0 Å². The van der Waals surface area contributed by atoms with Crippen molar-refractivity contribution in [2.45, 2.75) is 5.41 Å². The van der Waals surface area contributed by atoms with E-state index in [1.165, 1.54) is 163 Å². The lowest BCUT2D eigenvalue weighted by Crippen LogP contribution is -2.26. The highest BCUT2D eigenvalue weighted by atomic mass is 32.1. The fraction of sp³-hybridized carbons (Fsp3) is 0.0123. The summed E-state index contributed by atoms with van der Waals surface area (Å²) in [5.41, 5.74) is 22.2. The van der Waals surface area contributed by atoms with E-state index in [9.17, 15) is 0 Å². The van der Waals surface area contributed by atoms with Crippen molar-refractivity contribution in [3.05, 3.63) is 322 Å². The Kier molecular flexibility index (Phi) is 10.7. The Labute approximate surface area is 500 Å². The zero-order chi connectivity index (χ0) is 55.7. The predicted octanol–water partition coefficient (Wildman–Crippen LogP) is 22.3. The maximum atomic E-state index is 2.47. The number of aromatic nitrogens is 2. The third-order valence-electron chi connectivity index (χ3n) is 18.2. The van der Waals surface area contributed by atoms with Gasteiger partial charge in [-0.3, -0.25) is 0 Å². The van der Waals surface area contributed by atoms with Crippen LogP contribution in [0.5, 0.6) is 0 Å². The van der Waals surface area contributed by atoms with Crippen molar-refractivity contribution in [3.8, 4) is 54.5 Å². The molecule has 0 unspecified atom stereocenters. The first kappa shape index (κ1) is 48.2. The minimum atomic E-state index is -0.468. The van der Waals surface area contributed by atoms with Crippen LogP contribution in [-0.2, 0) is 5.41 Å². The number of benzene rings is 12. The number of para-hydroxylation sites is 2. The summed E-state index contributed by atoms with van der Waals surface area (Å²) in [7, 11) is 0. The summed E-state index contributed by atoms with van der Waals surface area (Å²) in [6, 6.07) is 104. The molecule has 0 bridgehead atoms. The maximum absolute atomic E-state index is 2.47. The van der Waals surface area contributed by atoms with E-state index in [0.717, 1.165) is 0 Å². The van der Waals surface area contributed by atoms with Crippen molar-refractivity contribution in [3.63, 3.8) is 0 Å². The minimum Gasteiger partial charge on any atom is -0.309 e. The maximum Gasteiger partial charge on any atom is 0.0725 e. The summed E-state index contributed by atoms with van der Waals surface area (Å²) in [5.74, 6) is 0. The molecule has 85 heavy (non-hydrogen) atoms. The van der Waals surface area contributed by atoms with E-state index < -0.39 is 5.41 Å². The predicted molar refractivity (Wildman–Crippen MR) is 364 cm³/mol. The molecule has 0 fully saturated rings. The van der Waals surface area contributed by atoms with Crippen LogP contribution in [0, 0.1) is 0 Å². The molecule has 18 rings (SSSR count). The number of rotatable bonds is 8. The fourth-order valence-electron chi connectivity index (χ4n) is 14.4. The molecule has 0 saturated heterocycles. The summed E-state index contributed by atoms with van der Waals surface area (Å²) in [6.45, 7) is 0. The van der Waals surface area contributed by atoms with Gasteiger partial charge in [0.2, 0.25) is 0 Å². The molecule has 0 saturated carbocycles. The summed E-state index contributed by atoms with van der Waals surface area (Å²) < 4.78 is 4.83. The van der Waals surface area contributed by atoms with Gasteiger partial charge >= 0.3 is 0 Å². The van der Waals surface area contributed by atoms with Crippen LogP contribution in [0.15, 0.2) is 279 Å². The van der Waals surface area contributed by atoms with Crippen LogP contribution >= 0.6 is 22.7 Å². The number of hydrogen-bond donors (Lipinski definition) is 0. The van der Waals surface area contributed by atoms with Crippen molar-refractivity contribution in [1.82, 2.24) is 9.13 Å². The van der Waals surface area contributed by atoms with Crippen LogP contribution in [0.3, 0.4) is 0 Å². The van der Waals surface area contributed by atoms with Gasteiger partial charge in [-0.05, 0) is 198 Å². The van der Waals surface area contributed by atoms with E-state index in [4.69, 9.17) is 0 Å². The molecule has 396 valence electrons. The Bertz CT molecular complexity index is 5170. The van der Waals surface area contributed by atoms with E-state index in [1.54, 1.807) is 0 Å². The monoisotopic (exact) mass is 1110 g/mol. The SMILES string of the molecule is C(=Cc1ccc(-c2ccc3c(c2)c2ccccc2n3-c2ccc3ccccc3c2)s1)c1ccc2c(c1)C1(c3ccccc3-c3ccccc31)c1cc(C=Cc3ccc(-c4ccc5c(c4)c4ccccc4n5-c4ccc5ccccc5c4)s3)ccc1-2. The second kappa shape index (κ2) is 18.8. The van der Waals surface area contributed by atoms with Crippen LogP contribution in [0.1, 0.15) is 43.1 Å². The largest absolute Gasteiger partial charge is 0.309 e. The highest BCUT2D eigenvalue weighted by Gasteiger charge is 2.51.